The Morgan fingerprint density at radius 3 is 2.53 bits per heavy atom. The summed E-state index contributed by atoms with van der Waals surface area (Å²) >= 11 is 0. The zero-order valence-corrected chi connectivity index (χ0v) is 20.8. The lowest BCUT2D eigenvalue weighted by atomic mass is 10.1. The molecule has 2 fully saturated rings. The van der Waals surface area contributed by atoms with E-state index in [1.807, 2.05) is 0 Å². The van der Waals surface area contributed by atoms with Crippen LogP contribution in [0, 0.1) is 11.6 Å². The van der Waals surface area contributed by atoms with E-state index in [1.54, 1.807) is 0 Å². The summed E-state index contributed by atoms with van der Waals surface area (Å²) in [6, 6.07) is 1.17. The van der Waals surface area contributed by atoms with Gasteiger partial charge < -0.3 is 25.2 Å². The molecular weight excluding hydrogens is 508 g/mol. The number of amides is 2. The van der Waals surface area contributed by atoms with Gasteiger partial charge in [-0.25, -0.2) is 13.8 Å². The summed E-state index contributed by atoms with van der Waals surface area (Å²) in [4.78, 5) is 35.6. The lowest BCUT2D eigenvalue weighted by Crippen LogP contribution is -2.48. The Morgan fingerprint density at radius 2 is 1.82 bits per heavy atom. The number of nitrogens with zero attached hydrogens (tertiary/aromatic N) is 4. The molecule has 3 aliphatic rings. The van der Waals surface area contributed by atoms with Crippen LogP contribution in [0.15, 0.2) is 18.3 Å². The molecule has 2 N–H and O–H groups in total. The van der Waals surface area contributed by atoms with Gasteiger partial charge in [0.15, 0.2) is 5.82 Å². The fraction of sp³-hybridized carbons (Fsp3) is 0.520. The molecule has 0 atom stereocenters. The SMILES string of the molecule is CN1C(=O)C(F)(F)CN(C2CCCC2)c2nc(Nc3cc(F)c(C(=O)NC4CCOCC4)cc3F)ncc21. The highest BCUT2D eigenvalue weighted by Gasteiger charge is 2.48. The van der Waals surface area contributed by atoms with Crippen molar-refractivity contribution in [2.75, 3.05) is 41.9 Å². The number of carbonyl (C=O) groups excluding carboxylic acids is 2. The molecule has 204 valence electrons. The van der Waals surface area contributed by atoms with Gasteiger partial charge in [-0.1, -0.05) is 12.8 Å². The highest BCUT2D eigenvalue weighted by molar-refractivity contribution is 6.02. The van der Waals surface area contributed by atoms with E-state index in [0.29, 0.717) is 38.9 Å². The van der Waals surface area contributed by atoms with Crippen molar-refractivity contribution in [3.8, 4) is 0 Å². The summed E-state index contributed by atoms with van der Waals surface area (Å²) in [5.74, 6) is -7.68. The second kappa shape index (κ2) is 10.4. The predicted molar refractivity (Wildman–Crippen MR) is 131 cm³/mol. The quantitative estimate of drug-likeness (QED) is 0.562. The maximum atomic E-state index is 14.9. The van der Waals surface area contributed by atoms with Gasteiger partial charge in [0.05, 0.1) is 24.0 Å². The number of carbonyl (C=O) groups is 2. The molecule has 0 radical (unpaired) electrons. The molecule has 1 aromatic heterocycles. The molecule has 1 saturated carbocycles. The summed E-state index contributed by atoms with van der Waals surface area (Å²) < 4.78 is 64.5. The number of anilines is 4. The summed E-state index contributed by atoms with van der Waals surface area (Å²) in [5.41, 5.74) is -0.686. The molecule has 0 unspecified atom stereocenters. The zero-order chi connectivity index (χ0) is 27.0. The van der Waals surface area contributed by atoms with Crippen LogP contribution in [0.2, 0.25) is 0 Å². The van der Waals surface area contributed by atoms with Gasteiger partial charge in [-0.05, 0) is 31.7 Å². The smallest absolute Gasteiger partial charge is 0.342 e. The van der Waals surface area contributed by atoms with Crippen LogP contribution in [0.5, 0.6) is 0 Å². The van der Waals surface area contributed by atoms with E-state index in [0.717, 1.165) is 29.9 Å². The molecule has 1 aliphatic carbocycles. The Hall–Kier alpha value is -3.48. The summed E-state index contributed by atoms with van der Waals surface area (Å²) in [5, 5.41) is 5.27. The van der Waals surface area contributed by atoms with Gasteiger partial charge in [0.2, 0.25) is 5.95 Å². The van der Waals surface area contributed by atoms with Crippen LogP contribution in [0.1, 0.15) is 48.9 Å². The minimum absolute atomic E-state index is 0.0939. The lowest BCUT2D eigenvalue weighted by molar-refractivity contribution is -0.140. The molecule has 2 aromatic rings. The van der Waals surface area contributed by atoms with Crippen LogP contribution in [0.25, 0.3) is 0 Å². The Morgan fingerprint density at radius 1 is 1.11 bits per heavy atom. The van der Waals surface area contributed by atoms with Gasteiger partial charge in [0.1, 0.15) is 17.3 Å². The van der Waals surface area contributed by atoms with Gasteiger partial charge in [-0.3, -0.25) is 9.59 Å². The highest BCUT2D eigenvalue weighted by atomic mass is 19.3. The number of benzene rings is 1. The van der Waals surface area contributed by atoms with E-state index >= 15 is 0 Å². The van der Waals surface area contributed by atoms with Crippen LogP contribution in [-0.4, -0.2) is 66.6 Å². The monoisotopic (exact) mass is 536 g/mol. The summed E-state index contributed by atoms with van der Waals surface area (Å²) in [6.45, 7) is 0.112. The maximum Gasteiger partial charge on any atom is 0.342 e. The van der Waals surface area contributed by atoms with Crippen LogP contribution >= 0.6 is 0 Å². The first-order valence-electron chi connectivity index (χ1n) is 12.6. The number of hydrogen-bond donors (Lipinski definition) is 2. The number of rotatable bonds is 5. The molecule has 9 nitrogen and oxygen atoms in total. The summed E-state index contributed by atoms with van der Waals surface area (Å²) in [6.07, 6.45) is 5.41. The number of ether oxygens (including phenoxy) is 1. The molecule has 3 heterocycles. The third-order valence-corrected chi connectivity index (χ3v) is 7.24. The van der Waals surface area contributed by atoms with Crippen molar-refractivity contribution in [3.63, 3.8) is 0 Å². The van der Waals surface area contributed by atoms with E-state index in [9.17, 15) is 27.2 Å². The minimum Gasteiger partial charge on any atom is -0.381 e. The van der Waals surface area contributed by atoms with Gasteiger partial charge in [-0.2, -0.15) is 13.8 Å². The number of nitrogens with one attached hydrogen (secondary N) is 2. The number of fused-ring (bicyclic) bond motifs is 1. The maximum absolute atomic E-state index is 14.9. The van der Waals surface area contributed by atoms with Gasteiger partial charge in [-0.15, -0.1) is 0 Å². The van der Waals surface area contributed by atoms with Crippen LogP contribution < -0.4 is 20.4 Å². The van der Waals surface area contributed by atoms with E-state index in [1.165, 1.54) is 18.1 Å². The zero-order valence-electron chi connectivity index (χ0n) is 20.8. The molecular formula is C25H28F4N6O3. The van der Waals surface area contributed by atoms with E-state index in [-0.39, 0.29) is 35.2 Å². The largest absolute Gasteiger partial charge is 0.381 e. The van der Waals surface area contributed by atoms with Crippen LogP contribution in [-0.2, 0) is 9.53 Å². The number of hydrogen-bond acceptors (Lipinski definition) is 7. The van der Waals surface area contributed by atoms with E-state index in [4.69, 9.17) is 4.74 Å². The van der Waals surface area contributed by atoms with Gasteiger partial charge >= 0.3 is 5.92 Å². The molecule has 0 spiro atoms. The molecule has 2 amide bonds. The number of halogens is 4. The van der Waals surface area contributed by atoms with Crippen LogP contribution in [0.4, 0.5) is 40.7 Å². The topological polar surface area (TPSA) is 99.7 Å². The fourth-order valence-electron chi connectivity index (χ4n) is 5.15. The third kappa shape index (κ3) is 5.11. The molecule has 1 aromatic carbocycles. The lowest BCUT2D eigenvalue weighted by Gasteiger charge is -2.31. The van der Waals surface area contributed by atoms with Gasteiger partial charge in [0, 0.05) is 38.4 Å². The summed E-state index contributed by atoms with van der Waals surface area (Å²) in [7, 11) is 1.23. The number of alkyl halides is 2. The van der Waals surface area contributed by atoms with Crippen molar-refractivity contribution in [1.82, 2.24) is 15.3 Å². The standard InChI is InChI=1S/C25H28F4N6O3/c1-34-20-12-30-24(33-21(20)35(15-4-2-3-5-15)13-25(28,29)23(34)37)32-19-11-17(26)16(10-18(19)27)22(36)31-14-6-8-38-9-7-14/h10-12,14-15H,2-9,13H2,1H3,(H,31,36)(H,30,32,33). The predicted octanol–water partition coefficient (Wildman–Crippen LogP) is 3.77. The van der Waals surface area contributed by atoms with Crippen molar-refractivity contribution >= 4 is 35.0 Å². The van der Waals surface area contributed by atoms with Crippen molar-refractivity contribution in [1.29, 1.82) is 0 Å². The highest BCUT2D eigenvalue weighted by Crippen LogP contribution is 2.39. The van der Waals surface area contributed by atoms with Crippen LogP contribution in [0.3, 0.4) is 0 Å². The van der Waals surface area contributed by atoms with Crippen molar-refractivity contribution in [2.24, 2.45) is 0 Å². The molecule has 2 aliphatic heterocycles. The number of aromatic nitrogens is 2. The second-order valence-electron chi connectivity index (χ2n) is 9.83. The van der Waals surface area contributed by atoms with Crippen molar-refractivity contribution in [2.45, 2.75) is 56.5 Å². The van der Waals surface area contributed by atoms with E-state index in [2.05, 4.69) is 20.6 Å². The first-order chi connectivity index (χ1) is 18.1. The Bertz CT molecular complexity index is 1230. The third-order valence-electron chi connectivity index (χ3n) is 7.24. The fourth-order valence-corrected chi connectivity index (χ4v) is 5.15. The average Bonchev–Trinajstić information content (AvgIpc) is 3.41. The van der Waals surface area contributed by atoms with Gasteiger partial charge in [0.25, 0.3) is 11.8 Å². The molecule has 1 saturated heterocycles. The Balaban J connectivity index is 1.42. The average molecular weight is 537 g/mol. The molecule has 0 bridgehead atoms. The second-order valence-corrected chi connectivity index (χ2v) is 9.83. The normalized spacial score (nSPS) is 20.3. The van der Waals surface area contributed by atoms with Crippen molar-refractivity contribution in [3.05, 3.63) is 35.5 Å². The van der Waals surface area contributed by atoms with Crippen molar-refractivity contribution < 1.29 is 31.9 Å². The Kier molecular flexibility index (Phi) is 7.12. The molecule has 38 heavy (non-hydrogen) atoms. The first-order valence-corrected chi connectivity index (χ1v) is 12.6. The first kappa shape index (κ1) is 26.1. The van der Waals surface area contributed by atoms with E-state index < -0.39 is 41.5 Å². The Labute approximate surface area is 216 Å². The molecule has 13 heteroatoms. The molecule has 5 rings (SSSR count). The minimum atomic E-state index is -3.64.